The van der Waals surface area contributed by atoms with E-state index in [0.717, 1.165) is 49.4 Å². The van der Waals surface area contributed by atoms with Crippen LogP contribution in [0.5, 0.6) is 0 Å². The van der Waals surface area contributed by atoms with E-state index in [1.165, 1.54) is 5.56 Å². The first-order valence-electron chi connectivity index (χ1n) is 6.39. The van der Waals surface area contributed by atoms with Gasteiger partial charge in [-0.15, -0.1) is 0 Å². The van der Waals surface area contributed by atoms with Crippen LogP contribution >= 0.6 is 0 Å². The van der Waals surface area contributed by atoms with E-state index in [2.05, 4.69) is 22.9 Å². The van der Waals surface area contributed by atoms with E-state index in [1.807, 2.05) is 18.4 Å². The zero-order chi connectivity index (χ0) is 12.5. The quantitative estimate of drug-likeness (QED) is 0.819. The van der Waals surface area contributed by atoms with Crippen molar-refractivity contribution in [2.24, 2.45) is 0 Å². The lowest BCUT2D eigenvalue weighted by atomic mass is 10.1. The Kier molecular flexibility index (Phi) is 2.97. The highest BCUT2D eigenvalue weighted by atomic mass is 16.3. The largest absolute Gasteiger partial charge is 0.462 e. The van der Waals surface area contributed by atoms with Crippen molar-refractivity contribution >= 4 is 16.7 Å². The van der Waals surface area contributed by atoms with E-state index in [0.29, 0.717) is 0 Å². The van der Waals surface area contributed by atoms with Gasteiger partial charge >= 0.3 is 0 Å². The number of nitrogen functional groups attached to an aromatic ring is 1. The highest BCUT2D eigenvalue weighted by Crippen LogP contribution is 2.27. The lowest BCUT2D eigenvalue weighted by molar-refractivity contribution is 0.148. The van der Waals surface area contributed by atoms with Gasteiger partial charge in [-0.25, -0.2) is 0 Å². The summed E-state index contributed by atoms with van der Waals surface area (Å²) in [6.45, 7) is 5.46. The number of likely N-dealkylation sites (N-methyl/N-ethyl adjacent to an activating group) is 1. The van der Waals surface area contributed by atoms with Crippen LogP contribution in [0.25, 0.3) is 11.0 Å². The monoisotopic (exact) mass is 245 g/mol. The third kappa shape index (κ3) is 2.09. The Labute approximate surface area is 107 Å². The number of rotatable bonds is 2. The Hall–Kier alpha value is -1.52. The predicted octanol–water partition coefficient (Wildman–Crippen LogP) is 1.76. The van der Waals surface area contributed by atoms with Gasteiger partial charge in [0.05, 0.1) is 12.0 Å². The molecule has 1 aliphatic heterocycles. The van der Waals surface area contributed by atoms with Crippen LogP contribution in [0.2, 0.25) is 0 Å². The first kappa shape index (κ1) is 11.6. The Morgan fingerprint density at radius 2 is 2.00 bits per heavy atom. The van der Waals surface area contributed by atoms with Crippen molar-refractivity contribution in [3.8, 4) is 0 Å². The molecule has 0 amide bonds. The number of hydrogen-bond donors (Lipinski definition) is 1. The molecule has 1 saturated heterocycles. The summed E-state index contributed by atoms with van der Waals surface area (Å²) in [5.74, 6) is 0. The van der Waals surface area contributed by atoms with Crippen LogP contribution < -0.4 is 5.73 Å². The molecule has 0 atom stereocenters. The van der Waals surface area contributed by atoms with Gasteiger partial charge < -0.3 is 15.1 Å². The molecule has 1 aliphatic rings. The summed E-state index contributed by atoms with van der Waals surface area (Å²) in [4.78, 5) is 4.83. The van der Waals surface area contributed by atoms with Gasteiger partial charge in [-0.05, 0) is 13.1 Å². The Morgan fingerprint density at radius 3 is 2.78 bits per heavy atom. The molecule has 2 aromatic rings. The van der Waals surface area contributed by atoms with E-state index in [-0.39, 0.29) is 0 Å². The number of hydrogen-bond acceptors (Lipinski definition) is 4. The number of anilines is 1. The van der Waals surface area contributed by atoms with Gasteiger partial charge in [-0.2, -0.15) is 0 Å². The molecule has 0 unspecified atom stereocenters. The van der Waals surface area contributed by atoms with Gasteiger partial charge in [0.1, 0.15) is 0 Å². The van der Waals surface area contributed by atoms with Crippen LogP contribution in [0.15, 0.2) is 28.9 Å². The van der Waals surface area contributed by atoms with Gasteiger partial charge in [0.15, 0.2) is 5.58 Å². The van der Waals surface area contributed by atoms with Crippen molar-refractivity contribution < 1.29 is 4.42 Å². The number of benzene rings is 1. The molecule has 0 bridgehead atoms. The molecule has 1 aromatic heterocycles. The molecular formula is C14H19N3O. The molecular weight excluding hydrogens is 226 g/mol. The van der Waals surface area contributed by atoms with Crippen molar-refractivity contribution in [3.05, 3.63) is 30.0 Å². The molecule has 0 radical (unpaired) electrons. The number of nitrogens with zero attached hydrogens (tertiary/aromatic N) is 2. The van der Waals surface area contributed by atoms with Crippen molar-refractivity contribution in [3.63, 3.8) is 0 Å². The predicted molar refractivity (Wildman–Crippen MR) is 73.4 cm³/mol. The molecule has 1 aromatic carbocycles. The minimum absolute atomic E-state index is 0.720. The fourth-order valence-corrected chi connectivity index (χ4v) is 2.50. The van der Waals surface area contributed by atoms with Crippen LogP contribution in [0.4, 0.5) is 5.69 Å². The first-order valence-corrected chi connectivity index (χ1v) is 6.39. The lowest BCUT2D eigenvalue weighted by Crippen LogP contribution is -2.43. The van der Waals surface area contributed by atoms with Crippen molar-refractivity contribution in [2.45, 2.75) is 6.54 Å². The highest BCUT2D eigenvalue weighted by molar-refractivity contribution is 5.90. The van der Waals surface area contributed by atoms with Crippen LogP contribution in [0.3, 0.4) is 0 Å². The molecule has 3 rings (SSSR count). The standard InChI is InChI=1S/C14H19N3O/c1-16-5-7-17(8-6-16)9-11-10-18-14-12(11)3-2-4-13(14)15/h2-4,10H,5-9,15H2,1H3. The summed E-state index contributed by atoms with van der Waals surface area (Å²) in [6.07, 6.45) is 1.85. The molecule has 0 spiro atoms. The second-order valence-corrected chi connectivity index (χ2v) is 5.06. The molecule has 18 heavy (non-hydrogen) atoms. The van der Waals surface area contributed by atoms with Crippen LogP contribution in [0, 0.1) is 0 Å². The normalized spacial score (nSPS) is 18.5. The third-order valence-electron chi connectivity index (χ3n) is 3.70. The number of fused-ring (bicyclic) bond motifs is 1. The zero-order valence-corrected chi connectivity index (χ0v) is 10.7. The smallest absolute Gasteiger partial charge is 0.157 e. The van der Waals surface area contributed by atoms with Crippen molar-refractivity contribution in [1.29, 1.82) is 0 Å². The van der Waals surface area contributed by atoms with Gasteiger partial charge in [-0.1, -0.05) is 12.1 Å². The molecule has 4 heteroatoms. The SMILES string of the molecule is CN1CCN(Cc2coc3c(N)cccc23)CC1. The van der Waals surface area contributed by atoms with Crippen LogP contribution in [0.1, 0.15) is 5.56 Å². The fourth-order valence-electron chi connectivity index (χ4n) is 2.50. The van der Waals surface area contributed by atoms with Crippen molar-refractivity contribution in [1.82, 2.24) is 9.80 Å². The van der Waals surface area contributed by atoms with Gasteiger partial charge in [-0.3, -0.25) is 4.90 Å². The van der Waals surface area contributed by atoms with Gasteiger partial charge in [0.2, 0.25) is 0 Å². The number of piperazine rings is 1. The maximum absolute atomic E-state index is 5.91. The fraction of sp³-hybridized carbons (Fsp3) is 0.429. The maximum atomic E-state index is 5.91. The molecule has 2 heterocycles. The molecule has 0 aliphatic carbocycles. The second-order valence-electron chi connectivity index (χ2n) is 5.06. The van der Waals surface area contributed by atoms with Crippen LogP contribution in [-0.4, -0.2) is 43.0 Å². The average molecular weight is 245 g/mol. The van der Waals surface area contributed by atoms with E-state index in [4.69, 9.17) is 10.2 Å². The van der Waals surface area contributed by atoms with E-state index < -0.39 is 0 Å². The molecule has 4 nitrogen and oxygen atoms in total. The number of para-hydroxylation sites is 1. The second kappa shape index (κ2) is 4.63. The number of nitrogens with two attached hydrogens (primary N) is 1. The Balaban J connectivity index is 1.81. The first-order chi connectivity index (χ1) is 8.74. The summed E-state index contributed by atoms with van der Waals surface area (Å²) >= 11 is 0. The van der Waals surface area contributed by atoms with Gasteiger partial charge in [0.25, 0.3) is 0 Å². The lowest BCUT2D eigenvalue weighted by Gasteiger charge is -2.32. The summed E-state index contributed by atoms with van der Waals surface area (Å²) in [7, 11) is 2.17. The van der Waals surface area contributed by atoms with E-state index in [1.54, 1.807) is 0 Å². The molecule has 1 fully saturated rings. The summed E-state index contributed by atoms with van der Waals surface area (Å²) in [5, 5.41) is 1.15. The Morgan fingerprint density at radius 1 is 1.22 bits per heavy atom. The zero-order valence-electron chi connectivity index (χ0n) is 10.7. The minimum Gasteiger partial charge on any atom is -0.462 e. The third-order valence-corrected chi connectivity index (χ3v) is 3.70. The Bertz CT molecular complexity index is 541. The van der Waals surface area contributed by atoms with E-state index in [9.17, 15) is 0 Å². The minimum atomic E-state index is 0.720. The van der Waals surface area contributed by atoms with Crippen LogP contribution in [-0.2, 0) is 6.54 Å². The maximum Gasteiger partial charge on any atom is 0.157 e. The summed E-state index contributed by atoms with van der Waals surface area (Å²) in [6, 6.07) is 5.95. The molecule has 0 saturated carbocycles. The summed E-state index contributed by atoms with van der Waals surface area (Å²) in [5.41, 5.74) is 8.69. The van der Waals surface area contributed by atoms with Crippen molar-refractivity contribution in [2.75, 3.05) is 39.0 Å². The summed E-state index contributed by atoms with van der Waals surface area (Å²) < 4.78 is 5.58. The van der Waals surface area contributed by atoms with Gasteiger partial charge in [0, 0.05) is 43.7 Å². The molecule has 2 N–H and O–H groups in total. The molecule has 96 valence electrons. The highest BCUT2D eigenvalue weighted by Gasteiger charge is 2.16. The average Bonchev–Trinajstić information content (AvgIpc) is 2.77. The topological polar surface area (TPSA) is 45.6 Å². The van der Waals surface area contributed by atoms with E-state index >= 15 is 0 Å². The number of furan rings is 1.